The van der Waals surface area contributed by atoms with Gasteiger partial charge in [-0.2, -0.15) is 5.10 Å². The van der Waals surface area contributed by atoms with Crippen LogP contribution in [0.2, 0.25) is 0 Å². The Bertz CT molecular complexity index is 725. The van der Waals surface area contributed by atoms with Crippen LogP contribution >= 0.6 is 0 Å². The van der Waals surface area contributed by atoms with Crippen LogP contribution in [0.3, 0.4) is 0 Å². The lowest BCUT2D eigenvalue weighted by Crippen LogP contribution is -2.11. The van der Waals surface area contributed by atoms with Crippen molar-refractivity contribution in [3.63, 3.8) is 0 Å². The van der Waals surface area contributed by atoms with E-state index in [1.54, 1.807) is 36.4 Å². The molecule has 0 bridgehead atoms. The van der Waals surface area contributed by atoms with E-state index >= 15 is 0 Å². The zero-order valence-corrected chi connectivity index (χ0v) is 8.79. The summed E-state index contributed by atoms with van der Waals surface area (Å²) < 4.78 is 1.49. The molecule has 0 saturated carbocycles. The summed E-state index contributed by atoms with van der Waals surface area (Å²) in [5.41, 5.74) is 1.27. The SMILES string of the molecule is O=c1cccc2[nH]nc(-c3ccc(O)cc3)n12. The second kappa shape index (κ2) is 3.48. The molecular weight excluding hydrogens is 218 g/mol. The lowest BCUT2D eigenvalue weighted by molar-refractivity contribution is 0.475. The van der Waals surface area contributed by atoms with E-state index in [1.165, 1.54) is 10.5 Å². The van der Waals surface area contributed by atoms with Crippen molar-refractivity contribution in [3.8, 4) is 17.1 Å². The molecule has 0 aliphatic carbocycles. The van der Waals surface area contributed by atoms with Gasteiger partial charge in [-0.3, -0.25) is 9.89 Å². The molecule has 5 heteroatoms. The van der Waals surface area contributed by atoms with E-state index in [0.717, 1.165) is 5.56 Å². The molecule has 0 fully saturated rings. The highest BCUT2D eigenvalue weighted by molar-refractivity contribution is 5.60. The Morgan fingerprint density at radius 3 is 2.65 bits per heavy atom. The van der Waals surface area contributed by atoms with E-state index in [-0.39, 0.29) is 11.3 Å². The van der Waals surface area contributed by atoms with Gasteiger partial charge in [0.05, 0.1) is 0 Å². The van der Waals surface area contributed by atoms with Crippen LogP contribution in [0.4, 0.5) is 0 Å². The van der Waals surface area contributed by atoms with Crippen molar-refractivity contribution in [2.45, 2.75) is 0 Å². The number of pyridine rings is 1. The number of phenols is 1. The van der Waals surface area contributed by atoms with E-state index in [2.05, 4.69) is 10.2 Å². The van der Waals surface area contributed by atoms with Gasteiger partial charge in [-0.05, 0) is 30.3 Å². The van der Waals surface area contributed by atoms with Gasteiger partial charge in [-0.1, -0.05) is 6.07 Å². The van der Waals surface area contributed by atoms with Crippen LogP contribution in [-0.4, -0.2) is 19.7 Å². The van der Waals surface area contributed by atoms with Crippen molar-refractivity contribution >= 4 is 5.65 Å². The Morgan fingerprint density at radius 2 is 1.88 bits per heavy atom. The van der Waals surface area contributed by atoms with Crippen molar-refractivity contribution in [1.29, 1.82) is 0 Å². The summed E-state index contributed by atoms with van der Waals surface area (Å²) in [5, 5.41) is 16.1. The second-order valence-corrected chi connectivity index (χ2v) is 3.68. The van der Waals surface area contributed by atoms with E-state index in [9.17, 15) is 9.90 Å². The number of aromatic hydroxyl groups is 1. The van der Waals surface area contributed by atoms with Crippen LogP contribution in [0.15, 0.2) is 47.3 Å². The number of benzene rings is 1. The first-order valence-corrected chi connectivity index (χ1v) is 5.11. The molecular formula is C12H9N3O2. The summed E-state index contributed by atoms with van der Waals surface area (Å²) in [6, 6.07) is 11.5. The molecule has 0 atom stereocenters. The van der Waals surface area contributed by atoms with Gasteiger partial charge in [0.2, 0.25) is 0 Å². The molecule has 2 heterocycles. The molecule has 84 valence electrons. The Kier molecular flexibility index (Phi) is 1.98. The van der Waals surface area contributed by atoms with Crippen LogP contribution in [-0.2, 0) is 0 Å². The zero-order chi connectivity index (χ0) is 11.8. The number of hydrogen-bond acceptors (Lipinski definition) is 3. The largest absolute Gasteiger partial charge is 0.508 e. The quantitative estimate of drug-likeness (QED) is 0.660. The first kappa shape index (κ1) is 9.65. The van der Waals surface area contributed by atoms with E-state index in [0.29, 0.717) is 11.5 Å². The summed E-state index contributed by atoms with van der Waals surface area (Å²) in [7, 11) is 0. The number of nitrogens with zero attached hydrogens (tertiary/aromatic N) is 2. The predicted octanol–water partition coefficient (Wildman–Crippen LogP) is 1.40. The third-order valence-electron chi connectivity index (χ3n) is 2.57. The van der Waals surface area contributed by atoms with Gasteiger partial charge in [0.15, 0.2) is 5.82 Å². The molecule has 17 heavy (non-hydrogen) atoms. The minimum Gasteiger partial charge on any atom is -0.508 e. The lowest BCUT2D eigenvalue weighted by Gasteiger charge is -1.99. The molecule has 0 aliphatic heterocycles. The molecule has 0 unspecified atom stereocenters. The predicted molar refractivity (Wildman–Crippen MR) is 62.9 cm³/mol. The third-order valence-corrected chi connectivity index (χ3v) is 2.57. The molecule has 0 spiro atoms. The number of fused-ring (bicyclic) bond motifs is 1. The van der Waals surface area contributed by atoms with Gasteiger partial charge >= 0.3 is 0 Å². The minimum atomic E-state index is -0.140. The molecule has 0 radical (unpaired) electrons. The molecule has 0 saturated heterocycles. The van der Waals surface area contributed by atoms with Crippen molar-refractivity contribution in [2.75, 3.05) is 0 Å². The second-order valence-electron chi connectivity index (χ2n) is 3.68. The van der Waals surface area contributed by atoms with E-state index in [4.69, 9.17) is 0 Å². The van der Waals surface area contributed by atoms with Crippen molar-refractivity contribution in [1.82, 2.24) is 14.6 Å². The third kappa shape index (κ3) is 1.48. The number of H-pyrrole nitrogens is 1. The van der Waals surface area contributed by atoms with Gasteiger partial charge in [0, 0.05) is 11.6 Å². The van der Waals surface area contributed by atoms with Gasteiger partial charge in [-0.15, -0.1) is 0 Å². The Labute approximate surface area is 96.0 Å². The monoisotopic (exact) mass is 227 g/mol. The van der Waals surface area contributed by atoms with Crippen LogP contribution < -0.4 is 5.56 Å². The molecule has 0 amide bonds. The fourth-order valence-electron chi connectivity index (χ4n) is 1.76. The highest BCUT2D eigenvalue weighted by Gasteiger charge is 2.08. The molecule has 3 aromatic rings. The number of phenolic OH excluding ortho intramolecular Hbond substituents is 1. The molecule has 1 aromatic carbocycles. The maximum atomic E-state index is 11.8. The Morgan fingerprint density at radius 1 is 1.12 bits per heavy atom. The highest BCUT2D eigenvalue weighted by Crippen LogP contribution is 2.19. The van der Waals surface area contributed by atoms with Crippen molar-refractivity contribution < 1.29 is 5.11 Å². The van der Waals surface area contributed by atoms with Crippen LogP contribution in [0.5, 0.6) is 5.75 Å². The molecule has 2 aromatic heterocycles. The highest BCUT2D eigenvalue weighted by atomic mass is 16.3. The number of hydrogen-bond donors (Lipinski definition) is 2. The van der Waals surface area contributed by atoms with Gasteiger partial charge in [0.1, 0.15) is 11.4 Å². The normalized spacial score (nSPS) is 10.8. The summed E-state index contributed by atoms with van der Waals surface area (Å²) in [5.74, 6) is 0.714. The molecule has 5 nitrogen and oxygen atoms in total. The minimum absolute atomic E-state index is 0.140. The van der Waals surface area contributed by atoms with Gasteiger partial charge in [0.25, 0.3) is 5.56 Å². The smallest absolute Gasteiger partial charge is 0.257 e. The molecule has 0 aliphatic rings. The topological polar surface area (TPSA) is 70.4 Å². The van der Waals surface area contributed by atoms with Crippen LogP contribution in [0, 0.1) is 0 Å². The maximum Gasteiger partial charge on any atom is 0.257 e. The van der Waals surface area contributed by atoms with E-state index in [1.807, 2.05) is 0 Å². The summed E-state index contributed by atoms with van der Waals surface area (Å²) in [4.78, 5) is 11.8. The van der Waals surface area contributed by atoms with Crippen molar-refractivity contribution in [3.05, 3.63) is 52.8 Å². The number of aromatic amines is 1. The maximum absolute atomic E-state index is 11.8. The average Bonchev–Trinajstić information content (AvgIpc) is 2.75. The zero-order valence-electron chi connectivity index (χ0n) is 8.79. The summed E-state index contributed by atoms with van der Waals surface area (Å²) in [6.07, 6.45) is 0. The lowest BCUT2D eigenvalue weighted by atomic mass is 10.2. The average molecular weight is 227 g/mol. The van der Waals surface area contributed by atoms with Crippen LogP contribution in [0.1, 0.15) is 0 Å². The standard InChI is InChI=1S/C12H9N3O2/c16-9-6-4-8(5-7-9)12-14-13-10-2-1-3-11(17)15(10)12/h1-7,13,16H. The number of rotatable bonds is 1. The fraction of sp³-hybridized carbons (Fsp3) is 0. The molecule has 2 N–H and O–H groups in total. The first-order valence-electron chi connectivity index (χ1n) is 5.11. The summed E-state index contributed by atoms with van der Waals surface area (Å²) >= 11 is 0. The Balaban J connectivity index is 2.31. The number of nitrogens with one attached hydrogen (secondary N) is 1. The fourth-order valence-corrected chi connectivity index (χ4v) is 1.76. The molecule has 3 rings (SSSR count). The number of aromatic nitrogens is 3. The first-order chi connectivity index (χ1) is 8.25. The van der Waals surface area contributed by atoms with Gasteiger partial charge in [-0.25, -0.2) is 4.40 Å². The van der Waals surface area contributed by atoms with Gasteiger partial charge < -0.3 is 5.11 Å². The van der Waals surface area contributed by atoms with Crippen molar-refractivity contribution in [2.24, 2.45) is 0 Å². The van der Waals surface area contributed by atoms with E-state index < -0.39 is 0 Å². The summed E-state index contributed by atoms with van der Waals surface area (Å²) in [6.45, 7) is 0. The van der Waals surface area contributed by atoms with Crippen LogP contribution in [0.25, 0.3) is 17.0 Å². The Hall–Kier alpha value is -2.56.